The van der Waals surface area contributed by atoms with Crippen LogP contribution in [0.25, 0.3) is 6.08 Å². The van der Waals surface area contributed by atoms with Crippen LogP contribution < -0.4 is 16.4 Å². The van der Waals surface area contributed by atoms with Crippen molar-refractivity contribution in [1.82, 2.24) is 15.5 Å². The highest BCUT2D eigenvalue weighted by Gasteiger charge is 2.36. The van der Waals surface area contributed by atoms with E-state index >= 15 is 0 Å². The van der Waals surface area contributed by atoms with Gasteiger partial charge >= 0.3 is 6.09 Å². The molecule has 0 aliphatic heterocycles. The van der Waals surface area contributed by atoms with E-state index in [2.05, 4.69) is 24.1 Å². The maximum Gasteiger partial charge on any atom is 0.408 e. The summed E-state index contributed by atoms with van der Waals surface area (Å²) in [5.74, 6) is -1.69. The van der Waals surface area contributed by atoms with Crippen molar-refractivity contribution >= 4 is 29.9 Å². The number of alkyl carbamates (subject to hydrolysis) is 1. The Kier molecular flexibility index (Phi) is 13.4. The number of ether oxygens (including phenoxy) is 1. The summed E-state index contributed by atoms with van der Waals surface area (Å²) in [6.45, 7) is 13.6. The Bertz CT molecular complexity index is 925. The molecule has 0 saturated heterocycles. The zero-order valence-corrected chi connectivity index (χ0v) is 23.0. The number of amides is 4. The zero-order chi connectivity index (χ0) is 28.0. The first-order chi connectivity index (χ1) is 17.4. The highest BCUT2D eigenvalue weighted by molar-refractivity contribution is 5.94. The summed E-state index contributed by atoms with van der Waals surface area (Å²) in [5.41, 5.74) is 6.01. The number of rotatable bonds is 15. The van der Waals surface area contributed by atoms with Crippen LogP contribution >= 0.6 is 0 Å². The number of unbranched alkanes of at least 4 members (excludes halogenated alkanes) is 3. The Labute approximate surface area is 221 Å². The number of hydrogen-bond acceptors (Lipinski definition) is 5. The third-order valence-electron chi connectivity index (χ3n) is 5.53. The molecule has 0 aromatic heterocycles. The summed E-state index contributed by atoms with van der Waals surface area (Å²) in [6, 6.07) is 4.97. The molecule has 0 spiro atoms. The van der Waals surface area contributed by atoms with Gasteiger partial charge in [-0.05, 0) is 50.8 Å². The van der Waals surface area contributed by atoms with Gasteiger partial charge in [0.15, 0.2) is 0 Å². The molecule has 9 nitrogen and oxygen atoms in total. The molecule has 0 aliphatic carbocycles. The van der Waals surface area contributed by atoms with Crippen LogP contribution in [0.4, 0.5) is 4.79 Å². The van der Waals surface area contributed by atoms with E-state index in [9.17, 15) is 19.2 Å². The topological polar surface area (TPSA) is 131 Å². The Hall–Kier alpha value is -3.36. The molecule has 4 amide bonds. The lowest BCUT2D eigenvalue weighted by Crippen LogP contribution is -2.54. The predicted octanol–water partition coefficient (Wildman–Crippen LogP) is 4.07. The highest BCUT2D eigenvalue weighted by atomic mass is 16.6. The second-order valence-electron chi connectivity index (χ2n) is 10.0. The van der Waals surface area contributed by atoms with E-state index in [1.165, 1.54) is 4.90 Å². The van der Waals surface area contributed by atoms with Crippen LogP contribution in [0.15, 0.2) is 30.8 Å². The van der Waals surface area contributed by atoms with Crippen molar-refractivity contribution in [1.29, 1.82) is 0 Å². The fourth-order valence-corrected chi connectivity index (χ4v) is 3.76. The van der Waals surface area contributed by atoms with Crippen molar-refractivity contribution in [2.24, 2.45) is 5.73 Å². The van der Waals surface area contributed by atoms with Gasteiger partial charge in [0.25, 0.3) is 0 Å². The first kappa shape index (κ1) is 31.7. The molecule has 1 rings (SSSR count). The number of nitrogens with two attached hydrogens (primary N) is 1. The van der Waals surface area contributed by atoms with Crippen LogP contribution in [-0.2, 0) is 19.1 Å². The number of nitrogens with one attached hydrogen (secondary N) is 2. The Morgan fingerprint density at radius 2 is 1.78 bits per heavy atom. The molecule has 2 unspecified atom stereocenters. The second kappa shape index (κ2) is 15.7. The Morgan fingerprint density at radius 1 is 1.11 bits per heavy atom. The van der Waals surface area contributed by atoms with Gasteiger partial charge in [-0.15, -0.1) is 0 Å². The standard InChI is InChI=1S/C28H44N4O5/c1-7-10-12-16-30-25(34)24(21-15-13-14-20(9-3)18-21)32(17-11-8-2)26(35)22(19-23(29)33)31-27(36)37-28(4,5)6/h9,13-15,18,22,24H,3,7-8,10-12,16-17,19H2,1-2,4-6H3,(H2,29,33)(H,30,34)(H,31,36). The van der Waals surface area contributed by atoms with Gasteiger partial charge in [-0.3, -0.25) is 14.4 Å². The minimum atomic E-state index is -1.29. The van der Waals surface area contributed by atoms with Crippen molar-refractivity contribution in [3.8, 4) is 0 Å². The maximum absolute atomic E-state index is 13.9. The lowest BCUT2D eigenvalue weighted by molar-refractivity contribution is -0.143. The lowest BCUT2D eigenvalue weighted by Gasteiger charge is -2.34. The van der Waals surface area contributed by atoms with Crippen LogP contribution in [0, 0.1) is 0 Å². The number of hydrogen-bond donors (Lipinski definition) is 3. The van der Waals surface area contributed by atoms with Gasteiger partial charge in [-0.1, -0.05) is 64.0 Å². The summed E-state index contributed by atoms with van der Waals surface area (Å²) in [5, 5.41) is 5.44. The summed E-state index contributed by atoms with van der Waals surface area (Å²) in [4.78, 5) is 53.2. The summed E-state index contributed by atoms with van der Waals surface area (Å²) in [7, 11) is 0. The predicted molar refractivity (Wildman–Crippen MR) is 145 cm³/mol. The summed E-state index contributed by atoms with van der Waals surface area (Å²) >= 11 is 0. The fourth-order valence-electron chi connectivity index (χ4n) is 3.76. The van der Waals surface area contributed by atoms with Crippen molar-refractivity contribution < 1.29 is 23.9 Å². The SMILES string of the molecule is C=Cc1cccc(C(C(=O)NCCCCC)N(CCCC)C(=O)C(CC(N)=O)NC(=O)OC(C)(C)C)c1. The molecule has 37 heavy (non-hydrogen) atoms. The second-order valence-corrected chi connectivity index (χ2v) is 10.0. The van der Waals surface area contributed by atoms with Crippen LogP contribution in [0.1, 0.15) is 90.3 Å². The van der Waals surface area contributed by atoms with Gasteiger partial charge in [-0.25, -0.2) is 4.79 Å². The molecule has 0 heterocycles. The van der Waals surface area contributed by atoms with Gasteiger partial charge in [0.05, 0.1) is 6.42 Å². The van der Waals surface area contributed by atoms with Gasteiger partial charge in [0.1, 0.15) is 17.7 Å². The first-order valence-electron chi connectivity index (χ1n) is 13.0. The van der Waals surface area contributed by atoms with E-state index in [1.54, 1.807) is 45.0 Å². The van der Waals surface area contributed by atoms with E-state index in [-0.39, 0.29) is 12.5 Å². The minimum Gasteiger partial charge on any atom is -0.444 e. The van der Waals surface area contributed by atoms with Crippen molar-refractivity contribution in [3.63, 3.8) is 0 Å². The van der Waals surface area contributed by atoms with Gasteiger partial charge < -0.3 is 26.0 Å². The molecule has 0 saturated carbocycles. The molecule has 0 fully saturated rings. The van der Waals surface area contributed by atoms with Gasteiger partial charge in [0.2, 0.25) is 17.7 Å². The maximum atomic E-state index is 13.9. The molecular formula is C28H44N4O5. The summed E-state index contributed by atoms with van der Waals surface area (Å²) < 4.78 is 5.30. The number of carbonyl (C=O) groups is 4. The average molecular weight is 517 g/mol. The van der Waals surface area contributed by atoms with Crippen LogP contribution in [0.3, 0.4) is 0 Å². The van der Waals surface area contributed by atoms with Gasteiger partial charge in [-0.2, -0.15) is 0 Å². The molecule has 0 bridgehead atoms. The van der Waals surface area contributed by atoms with E-state index in [0.29, 0.717) is 18.5 Å². The molecule has 9 heteroatoms. The molecule has 4 N–H and O–H groups in total. The monoisotopic (exact) mass is 516 g/mol. The molecule has 1 aromatic rings. The largest absolute Gasteiger partial charge is 0.444 e. The number of benzene rings is 1. The smallest absolute Gasteiger partial charge is 0.408 e. The molecule has 0 aliphatic rings. The number of primary amides is 1. The highest BCUT2D eigenvalue weighted by Crippen LogP contribution is 2.25. The Balaban J connectivity index is 3.46. The molecule has 0 radical (unpaired) electrons. The zero-order valence-electron chi connectivity index (χ0n) is 23.0. The van der Waals surface area contributed by atoms with Crippen LogP contribution in [-0.4, -0.2) is 53.4 Å². The van der Waals surface area contributed by atoms with Crippen molar-refractivity contribution in [3.05, 3.63) is 42.0 Å². The summed E-state index contributed by atoms with van der Waals surface area (Å²) in [6.07, 6.45) is 4.55. The van der Waals surface area contributed by atoms with Crippen LogP contribution in [0.5, 0.6) is 0 Å². The number of carbonyl (C=O) groups excluding carboxylic acids is 4. The Morgan fingerprint density at radius 3 is 2.35 bits per heavy atom. The van der Waals surface area contributed by atoms with Gasteiger partial charge in [0, 0.05) is 13.1 Å². The molecular weight excluding hydrogens is 472 g/mol. The molecule has 1 aromatic carbocycles. The van der Waals surface area contributed by atoms with E-state index in [0.717, 1.165) is 31.2 Å². The average Bonchev–Trinajstić information content (AvgIpc) is 2.82. The van der Waals surface area contributed by atoms with Crippen molar-refractivity contribution in [2.45, 2.75) is 90.8 Å². The lowest BCUT2D eigenvalue weighted by atomic mass is 9.99. The normalized spacial score (nSPS) is 12.7. The van der Waals surface area contributed by atoms with E-state index in [1.807, 2.05) is 13.0 Å². The van der Waals surface area contributed by atoms with E-state index in [4.69, 9.17) is 10.5 Å². The molecule has 2 atom stereocenters. The quantitative estimate of drug-likeness (QED) is 0.302. The van der Waals surface area contributed by atoms with E-state index < -0.39 is 42.0 Å². The number of nitrogens with zero attached hydrogens (tertiary/aromatic N) is 1. The first-order valence-corrected chi connectivity index (χ1v) is 13.0. The fraction of sp³-hybridized carbons (Fsp3) is 0.571. The third-order valence-corrected chi connectivity index (χ3v) is 5.53. The van der Waals surface area contributed by atoms with Crippen LogP contribution in [0.2, 0.25) is 0 Å². The molecule has 206 valence electrons. The third kappa shape index (κ3) is 11.5. The minimum absolute atomic E-state index is 0.242. The van der Waals surface area contributed by atoms with Crippen molar-refractivity contribution in [2.75, 3.05) is 13.1 Å².